The molecular weight excluding hydrogens is 372 g/mol. The number of rotatable bonds is 7. The molecule has 1 aromatic heterocycles. The van der Waals surface area contributed by atoms with E-state index < -0.39 is 11.8 Å². The quantitative estimate of drug-likeness (QED) is 0.464. The Morgan fingerprint density at radius 2 is 1.86 bits per heavy atom. The molecule has 3 aromatic rings. The zero-order valence-electron chi connectivity index (χ0n) is 16.0. The van der Waals surface area contributed by atoms with Crippen molar-refractivity contribution >= 4 is 23.3 Å². The Morgan fingerprint density at radius 1 is 1.07 bits per heavy atom. The summed E-state index contributed by atoms with van der Waals surface area (Å²) in [5.41, 5.74) is 1.04. The lowest BCUT2D eigenvalue weighted by atomic mass is 10.0. The summed E-state index contributed by atoms with van der Waals surface area (Å²) >= 11 is 0. The molecule has 0 aliphatic heterocycles. The van der Waals surface area contributed by atoms with Gasteiger partial charge < -0.3 is 19.9 Å². The molecule has 0 unspecified atom stereocenters. The van der Waals surface area contributed by atoms with E-state index in [2.05, 4.69) is 10.3 Å². The van der Waals surface area contributed by atoms with Crippen LogP contribution < -0.4 is 10.1 Å². The number of carbonyl (C=O) groups excluding carboxylic acids is 2. The Bertz CT molecular complexity index is 1050. The predicted octanol–water partition coefficient (Wildman–Crippen LogP) is 3.95. The number of carbonyl (C=O) groups is 2. The Kier molecular flexibility index (Phi) is 6.09. The van der Waals surface area contributed by atoms with Gasteiger partial charge in [0.2, 0.25) is 0 Å². The number of ketones is 1. The lowest BCUT2D eigenvalue weighted by Crippen LogP contribution is -2.12. The van der Waals surface area contributed by atoms with Crippen molar-refractivity contribution < 1.29 is 24.2 Å². The van der Waals surface area contributed by atoms with E-state index in [0.29, 0.717) is 11.4 Å². The van der Waals surface area contributed by atoms with Crippen LogP contribution in [0.4, 0.5) is 11.5 Å². The first-order valence-electron chi connectivity index (χ1n) is 8.94. The number of anilines is 2. The van der Waals surface area contributed by atoms with Crippen LogP contribution >= 0.6 is 0 Å². The largest absolute Gasteiger partial charge is 0.507 e. The SMILES string of the molecule is CCOC(=O)c1cc(C(=O)c2ccccc2O)cnc1Nc1cccc(OC)c1. The van der Waals surface area contributed by atoms with E-state index in [1.165, 1.54) is 24.4 Å². The van der Waals surface area contributed by atoms with Crippen LogP contribution in [0.3, 0.4) is 0 Å². The lowest BCUT2D eigenvalue weighted by molar-refractivity contribution is 0.0527. The number of nitrogens with one attached hydrogen (secondary N) is 1. The molecule has 7 nitrogen and oxygen atoms in total. The van der Waals surface area contributed by atoms with Crippen LogP contribution in [0.5, 0.6) is 11.5 Å². The smallest absolute Gasteiger partial charge is 0.341 e. The Balaban J connectivity index is 2.00. The summed E-state index contributed by atoms with van der Waals surface area (Å²) in [5, 5.41) is 13.0. The van der Waals surface area contributed by atoms with Gasteiger partial charge >= 0.3 is 5.97 Å². The number of ether oxygens (including phenoxy) is 2. The number of phenolic OH excluding ortho intramolecular Hbond substituents is 1. The average Bonchev–Trinajstić information content (AvgIpc) is 2.74. The molecule has 0 fully saturated rings. The van der Waals surface area contributed by atoms with Gasteiger partial charge in [0, 0.05) is 23.5 Å². The van der Waals surface area contributed by atoms with Gasteiger partial charge in [0.05, 0.1) is 19.3 Å². The highest BCUT2D eigenvalue weighted by Gasteiger charge is 2.20. The molecule has 29 heavy (non-hydrogen) atoms. The first-order chi connectivity index (χ1) is 14.0. The van der Waals surface area contributed by atoms with Crippen LogP contribution in [0.1, 0.15) is 33.2 Å². The van der Waals surface area contributed by atoms with E-state index in [1.54, 1.807) is 50.4 Å². The number of nitrogens with zero attached hydrogens (tertiary/aromatic N) is 1. The molecule has 148 valence electrons. The highest BCUT2D eigenvalue weighted by atomic mass is 16.5. The predicted molar refractivity (Wildman–Crippen MR) is 108 cm³/mol. The third-order valence-corrected chi connectivity index (χ3v) is 4.13. The van der Waals surface area contributed by atoms with Crippen molar-refractivity contribution in [2.24, 2.45) is 0 Å². The molecule has 2 N–H and O–H groups in total. The van der Waals surface area contributed by atoms with Crippen LogP contribution in [-0.4, -0.2) is 35.6 Å². The number of methoxy groups -OCH3 is 1. The minimum Gasteiger partial charge on any atom is -0.507 e. The van der Waals surface area contributed by atoms with Crippen molar-refractivity contribution in [3.05, 3.63) is 77.5 Å². The number of phenols is 1. The lowest BCUT2D eigenvalue weighted by Gasteiger charge is -2.13. The molecular formula is C22H20N2O5. The second-order valence-corrected chi connectivity index (χ2v) is 6.04. The van der Waals surface area contributed by atoms with Gasteiger partial charge in [0.25, 0.3) is 0 Å². The molecule has 7 heteroatoms. The molecule has 0 bridgehead atoms. The maximum Gasteiger partial charge on any atom is 0.341 e. The molecule has 0 aliphatic carbocycles. The normalized spacial score (nSPS) is 10.3. The zero-order chi connectivity index (χ0) is 20.8. The molecule has 0 atom stereocenters. The monoisotopic (exact) mass is 392 g/mol. The highest BCUT2D eigenvalue weighted by Crippen LogP contribution is 2.26. The fraction of sp³-hybridized carbons (Fsp3) is 0.136. The summed E-state index contributed by atoms with van der Waals surface area (Å²) in [5.74, 6) is -0.329. The second kappa shape index (κ2) is 8.88. The summed E-state index contributed by atoms with van der Waals surface area (Å²) in [6.45, 7) is 1.87. The van der Waals surface area contributed by atoms with Crippen molar-refractivity contribution in [2.45, 2.75) is 6.92 Å². The van der Waals surface area contributed by atoms with Gasteiger partial charge in [-0.2, -0.15) is 0 Å². The van der Waals surface area contributed by atoms with Crippen molar-refractivity contribution in [1.29, 1.82) is 0 Å². The van der Waals surface area contributed by atoms with Gasteiger partial charge in [0.15, 0.2) is 5.78 Å². The molecule has 0 spiro atoms. The van der Waals surface area contributed by atoms with Gasteiger partial charge in [-0.15, -0.1) is 0 Å². The van der Waals surface area contributed by atoms with E-state index in [1.807, 2.05) is 0 Å². The van der Waals surface area contributed by atoms with Gasteiger partial charge in [-0.05, 0) is 37.3 Å². The summed E-state index contributed by atoms with van der Waals surface area (Å²) in [7, 11) is 1.56. The fourth-order valence-corrected chi connectivity index (χ4v) is 2.71. The van der Waals surface area contributed by atoms with Crippen molar-refractivity contribution in [2.75, 3.05) is 19.0 Å². The number of hydrogen-bond donors (Lipinski definition) is 2. The number of pyridine rings is 1. The summed E-state index contributed by atoms with van der Waals surface area (Å²) in [6.07, 6.45) is 1.35. The van der Waals surface area contributed by atoms with Gasteiger partial charge in [-0.25, -0.2) is 9.78 Å². The van der Waals surface area contributed by atoms with Crippen LogP contribution in [0.2, 0.25) is 0 Å². The van der Waals surface area contributed by atoms with E-state index in [-0.39, 0.29) is 34.9 Å². The third kappa shape index (κ3) is 4.52. The topological polar surface area (TPSA) is 97.8 Å². The number of para-hydroxylation sites is 1. The second-order valence-electron chi connectivity index (χ2n) is 6.04. The Hall–Kier alpha value is -3.87. The molecule has 2 aromatic carbocycles. The van der Waals surface area contributed by atoms with Crippen LogP contribution in [0.25, 0.3) is 0 Å². The highest BCUT2D eigenvalue weighted by molar-refractivity contribution is 6.11. The van der Waals surface area contributed by atoms with Crippen molar-refractivity contribution in [3.8, 4) is 11.5 Å². The molecule has 3 rings (SSSR count). The number of aromatic hydroxyl groups is 1. The van der Waals surface area contributed by atoms with Crippen LogP contribution in [0, 0.1) is 0 Å². The Morgan fingerprint density at radius 3 is 2.59 bits per heavy atom. The molecule has 0 saturated carbocycles. The standard InChI is InChI=1S/C22H20N2O5/c1-3-29-22(27)18-11-14(20(26)17-9-4-5-10-19(17)25)13-23-21(18)24-15-7-6-8-16(12-15)28-2/h4-13,25H,3H2,1-2H3,(H,23,24). The molecule has 0 aliphatic rings. The first-order valence-corrected chi connectivity index (χ1v) is 8.94. The summed E-state index contributed by atoms with van der Waals surface area (Å²) in [6, 6.07) is 14.7. The van der Waals surface area contributed by atoms with Crippen molar-refractivity contribution in [1.82, 2.24) is 4.98 Å². The third-order valence-electron chi connectivity index (χ3n) is 4.13. The molecule has 0 amide bonds. The van der Waals surface area contributed by atoms with Crippen LogP contribution in [-0.2, 0) is 4.74 Å². The number of aromatic nitrogens is 1. The maximum absolute atomic E-state index is 12.8. The minimum atomic E-state index is -0.614. The molecule has 0 saturated heterocycles. The molecule has 0 radical (unpaired) electrons. The fourth-order valence-electron chi connectivity index (χ4n) is 2.71. The Labute approximate surface area is 167 Å². The summed E-state index contributed by atoms with van der Waals surface area (Å²) in [4.78, 5) is 29.5. The van der Waals surface area contributed by atoms with Gasteiger partial charge in [0.1, 0.15) is 22.9 Å². The average molecular weight is 392 g/mol. The van der Waals surface area contributed by atoms with E-state index in [4.69, 9.17) is 9.47 Å². The van der Waals surface area contributed by atoms with E-state index in [0.717, 1.165) is 0 Å². The van der Waals surface area contributed by atoms with Gasteiger partial charge in [-0.3, -0.25) is 4.79 Å². The van der Waals surface area contributed by atoms with E-state index in [9.17, 15) is 14.7 Å². The van der Waals surface area contributed by atoms with E-state index >= 15 is 0 Å². The number of esters is 1. The zero-order valence-corrected chi connectivity index (χ0v) is 16.0. The number of hydrogen-bond acceptors (Lipinski definition) is 7. The number of benzene rings is 2. The van der Waals surface area contributed by atoms with Gasteiger partial charge in [-0.1, -0.05) is 18.2 Å². The first kappa shape index (κ1) is 19.9. The minimum absolute atomic E-state index is 0.107. The molecule has 1 heterocycles. The maximum atomic E-state index is 12.8. The van der Waals surface area contributed by atoms with Crippen molar-refractivity contribution in [3.63, 3.8) is 0 Å². The summed E-state index contributed by atoms with van der Waals surface area (Å²) < 4.78 is 10.3. The van der Waals surface area contributed by atoms with Crippen LogP contribution in [0.15, 0.2) is 60.8 Å².